The lowest BCUT2D eigenvalue weighted by Crippen LogP contribution is -2.26. The first-order valence-electron chi connectivity index (χ1n) is 7.61. The van der Waals surface area contributed by atoms with Gasteiger partial charge in [0.05, 0.1) is 20.3 Å². The molecule has 6 heteroatoms. The second-order valence-electron chi connectivity index (χ2n) is 5.70. The lowest BCUT2D eigenvalue weighted by molar-refractivity contribution is 0.0930. The van der Waals surface area contributed by atoms with Crippen molar-refractivity contribution in [2.75, 3.05) is 14.2 Å². The van der Waals surface area contributed by atoms with Crippen LogP contribution in [0.4, 0.5) is 0 Å². The fraction of sp³-hybridized carbons (Fsp3) is 0.412. The maximum Gasteiger partial charge on any atom is 0.273 e. The predicted octanol–water partition coefficient (Wildman–Crippen LogP) is 3.06. The summed E-state index contributed by atoms with van der Waals surface area (Å²) in [5.74, 6) is 2.27. The van der Waals surface area contributed by atoms with Crippen LogP contribution in [0.2, 0.25) is 0 Å². The Balaban J connectivity index is 1.69. The van der Waals surface area contributed by atoms with Crippen LogP contribution in [-0.4, -0.2) is 25.3 Å². The van der Waals surface area contributed by atoms with E-state index in [-0.39, 0.29) is 11.9 Å². The number of carbonyl (C=O) groups is 1. The standard InChI is InChI=1S/C17H20N2O4/c1-10(12-6-7-14(21-2)16(8-12)22-3)18-17(20)13-9-15(23-19-13)11-4-5-11/h6-11H,4-5H2,1-3H3,(H,18,20). The van der Waals surface area contributed by atoms with Crippen LogP contribution in [-0.2, 0) is 0 Å². The van der Waals surface area contributed by atoms with E-state index in [2.05, 4.69) is 10.5 Å². The fourth-order valence-electron chi connectivity index (χ4n) is 2.43. The van der Waals surface area contributed by atoms with Crippen LogP contribution in [0.1, 0.15) is 53.5 Å². The highest BCUT2D eigenvalue weighted by Gasteiger charge is 2.29. The van der Waals surface area contributed by atoms with Crippen molar-refractivity contribution < 1.29 is 18.8 Å². The van der Waals surface area contributed by atoms with Crippen LogP contribution in [0.5, 0.6) is 11.5 Å². The lowest BCUT2D eigenvalue weighted by Gasteiger charge is -2.15. The number of amides is 1. The summed E-state index contributed by atoms with van der Waals surface area (Å²) in [5, 5.41) is 6.77. The summed E-state index contributed by atoms with van der Waals surface area (Å²) in [6.07, 6.45) is 2.22. The SMILES string of the molecule is COc1ccc(C(C)NC(=O)c2cc(C3CC3)on2)cc1OC. The molecule has 0 spiro atoms. The van der Waals surface area contributed by atoms with Crippen LogP contribution in [0.15, 0.2) is 28.8 Å². The minimum absolute atomic E-state index is 0.191. The Morgan fingerprint density at radius 2 is 2.00 bits per heavy atom. The van der Waals surface area contributed by atoms with E-state index < -0.39 is 0 Å². The van der Waals surface area contributed by atoms with Crippen molar-refractivity contribution >= 4 is 5.91 Å². The first-order valence-corrected chi connectivity index (χ1v) is 7.61. The van der Waals surface area contributed by atoms with Crippen LogP contribution >= 0.6 is 0 Å². The number of aromatic nitrogens is 1. The van der Waals surface area contributed by atoms with Crippen molar-refractivity contribution in [1.29, 1.82) is 0 Å². The summed E-state index contributed by atoms with van der Waals surface area (Å²) in [6, 6.07) is 7.10. The molecule has 2 aromatic rings. The number of nitrogens with one attached hydrogen (secondary N) is 1. The zero-order valence-electron chi connectivity index (χ0n) is 13.5. The molecule has 1 atom stereocenters. The number of hydrogen-bond donors (Lipinski definition) is 1. The van der Waals surface area contributed by atoms with Crippen molar-refractivity contribution in [3.63, 3.8) is 0 Å². The molecular formula is C17H20N2O4. The second kappa shape index (κ2) is 6.32. The topological polar surface area (TPSA) is 73.6 Å². The van der Waals surface area contributed by atoms with Gasteiger partial charge in [-0.15, -0.1) is 0 Å². The van der Waals surface area contributed by atoms with Gasteiger partial charge in [-0.3, -0.25) is 4.79 Å². The Labute approximate surface area is 134 Å². The summed E-state index contributed by atoms with van der Waals surface area (Å²) >= 11 is 0. The zero-order chi connectivity index (χ0) is 16.4. The molecule has 122 valence electrons. The van der Waals surface area contributed by atoms with Gasteiger partial charge >= 0.3 is 0 Å². The summed E-state index contributed by atoms with van der Waals surface area (Å²) < 4.78 is 15.7. The molecule has 1 N–H and O–H groups in total. The van der Waals surface area contributed by atoms with Crippen molar-refractivity contribution in [2.24, 2.45) is 0 Å². The summed E-state index contributed by atoms with van der Waals surface area (Å²) in [4.78, 5) is 12.3. The largest absolute Gasteiger partial charge is 0.493 e. The average molecular weight is 316 g/mol. The quantitative estimate of drug-likeness (QED) is 0.886. The molecule has 1 aliphatic carbocycles. The van der Waals surface area contributed by atoms with E-state index in [9.17, 15) is 4.79 Å². The van der Waals surface area contributed by atoms with Crippen molar-refractivity contribution in [2.45, 2.75) is 31.7 Å². The highest BCUT2D eigenvalue weighted by atomic mass is 16.5. The molecule has 0 bridgehead atoms. The van der Waals surface area contributed by atoms with Crippen molar-refractivity contribution in [3.8, 4) is 11.5 Å². The van der Waals surface area contributed by atoms with Gasteiger partial charge in [0, 0.05) is 12.0 Å². The third-order valence-corrected chi connectivity index (χ3v) is 4.00. The molecule has 23 heavy (non-hydrogen) atoms. The number of hydrogen-bond acceptors (Lipinski definition) is 5. The van der Waals surface area contributed by atoms with Gasteiger partial charge in [-0.1, -0.05) is 11.2 Å². The number of nitrogens with zero attached hydrogens (tertiary/aromatic N) is 1. The molecule has 1 amide bonds. The molecule has 1 unspecified atom stereocenters. The lowest BCUT2D eigenvalue weighted by atomic mass is 10.1. The molecule has 1 fully saturated rings. The van der Waals surface area contributed by atoms with Crippen LogP contribution in [0, 0.1) is 0 Å². The molecule has 1 aromatic heterocycles. The van der Waals surface area contributed by atoms with Gasteiger partial charge in [0.25, 0.3) is 5.91 Å². The van der Waals surface area contributed by atoms with Gasteiger partial charge in [0.2, 0.25) is 0 Å². The third kappa shape index (κ3) is 3.31. The smallest absolute Gasteiger partial charge is 0.273 e. The zero-order valence-corrected chi connectivity index (χ0v) is 13.5. The molecule has 6 nitrogen and oxygen atoms in total. The molecule has 0 radical (unpaired) electrons. The minimum Gasteiger partial charge on any atom is -0.493 e. The third-order valence-electron chi connectivity index (χ3n) is 4.00. The number of rotatable bonds is 6. The number of methoxy groups -OCH3 is 2. The van der Waals surface area contributed by atoms with E-state index in [1.54, 1.807) is 20.3 Å². The number of benzene rings is 1. The van der Waals surface area contributed by atoms with Gasteiger partial charge < -0.3 is 19.3 Å². The Bertz CT molecular complexity index is 706. The molecule has 0 saturated heterocycles. The molecule has 1 heterocycles. The molecule has 0 aliphatic heterocycles. The van der Waals surface area contributed by atoms with Gasteiger partial charge in [-0.25, -0.2) is 0 Å². The molecule has 1 aromatic carbocycles. The van der Waals surface area contributed by atoms with Gasteiger partial charge in [0.15, 0.2) is 17.2 Å². The van der Waals surface area contributed by atoms with Gasteiger partial charge in [-0.2, -0.15) is 0 Å². The predicted molar refractivity (Wildman–Crippen MR) is 83.9 cm³/mol. The highest BCUT2D eigenvalue weighted by Crippen LogP contribution is 2.40. The Hall–Kier alpha value is -2.50. The van der Waals surface area contributed by atoms with E-state index in [0.717, 1.165) is 24.2 Å². The summed E-state index contributed by atoms with van der Waals surface area (Å²) in [7, 11) is 3.17. The van der Waals surface area contributed by atoms with E-state index in [1.165, 1.54) is 0 Å². The van der Waals surface area contributed by atoms with Gasteiger partial charge in [-0.05, 0) is 37.5 Å². The first kappa shape index (κ1) is 15.4. The molecule has 3 rings (SSSR count). The van der Waals surface area contributed by atoms with E-state index in [1.807, 2.05) is 25.1 Å². The van der Waals surface area contributed by atoms with Crippen molar-refractivity contribution in [3.05, 3.63) is 41.3 Å². The number of ether oxygens (including phenoxy) is 2. The average Bonchev–Trinajstić information content (AvgIpc) is 3.30. The van der Waals surface area contributed by atoms with E-state index in [0.29, 0.717) is 23.1 Å². The minimum atomic E-state index is -0.247. The molecular weight excluding hydrogens is 296 g/mol. The van der Waals surface area contributed by atoms with E-state index >= 15 is 0 Å². The number of carbonyl (C=O) groups excluding carboxylic acids is 1. The van der Waals surface area contributed by atoms with Gasteiger partial charge in [0.1, 0.15) is 5.76 Å². The maximum atomic E-state index is 12.3. The van der Waals surface area contributed by atoms with Crippen LogP contribution in [0.25, 0.3) is 0 Å². The monoisotopic (exact) mass is 316 g/mol. The maximum absolute atomic E-state index is 12.3. The molecule has 1 aliphatic rings. The summed E-state index contributed by atoms with van der Waals surface area (Å²) in [5.41, 5.74) is 1.24. The second-order valence-corrected chi connectivity index (χ2v) is 5.70. The van der Waals surface area contributed by atoms with E-state index in [4.69, 9.17) is 14.0 Å². The summed E-state index contributed by atoms with van der Waals surface area (Å²) in [6.45, 7) is 1.90. The first-order chi connectivity index (χ1) is 11.1. The van der Waals surface area contributed by atoms with Crippen molar-refractivity contribution in [1.82, 2.24) is 10.5 Å². The fourth-order valence-corrected chi connectivity index (χ4v) is 2.43. The van der Waals surface area contributed by atoms with Crippen LogP contribution in [0.3, 0.4) is 0 Å². The highest BCUT2D eigenvalue weighted by molar-refractivity contribution is 5.92. The Morgan fingerprint density at radius 1 is 1.26 bits per heavy atom. The van der Waals surface area contributed by atoms with Crippen LogP contribution < -0.4 is 14.8 Å². The normalized spacial score (nSPS) is 15.1. The molecule has 1 saturated carbocycles. The Kier molecular flexibility index (Phi) is 4.23. The Morgan fingerprint density at radius 3 is 2.65 bits per heavy atom.